The van der Waals surface area contributed by atoms with Crippen LogP contribution in [0.2, 0.25) is 5.15 Å². The van der Waals surface area contributed by atoms with Gasteiger partial charge in [0.25, 0.3) is 0 Å². The van der Waals surface area contributed by atoms with Gasteiger partial charge in [0.05, 0.1) is 12.4 Å². The lowest BCUT2D eigenvalue weighted by Gasteiger charge is -2.04. The Morgan fingerprint density at radius 3 is 2.83 bits per heavy atom. The van der Waals surface area contributed by atoms with Gasteiger partial charge in [-0.3, -0.25) is 9.71 Å². The van der Waals surface area contributed by atoms with Crippen LogP contribution in [0.5, 0.6) is 0 Å². The summed E-state index contributed by atoms with van der Waals surface area (Å²) in [6.45, 7) is 1.68. The van der Waals surface area contributed by atoms with Crippen LogP contribution in [0.25, 0.3) is 0 Å². The number of halogens is 1. The van der Waals surface area contributed by atoms with Crippen LogP contribution in [0.3, 0.4) is 0 Å². The molecule has 0 unspecified atom stereocenters. The molecule has 0 saturated carbocycles. The molecule has 2 aromatic heterocycles. The summed E-state index contributed by atoms with van der Waals surface area (Å²) in [4.78, 5) is 7.50. The smallest absolute Gasteiger partial charge is 0.239 e. The highest BCUT2D eigenvalue weighted by Gasteiger charge is 2.15. The lowest BCUT2D eigenvalue weighted by Crippen LogP contribution is -2.16. The first-order valence-corrected chi connectivity index (χ1v) is 6.88. The molecule has 0 bridgehead atoms. The number of nitrogens with one attached hydrogen (secondary N) is 1. The normalized spacial score (nSPS) is 11.4. The van der Waals surface area contributed by atoms with Gasteiger partial charge in [0, 0.05) is 6.07 Å². The fraction of sp³-hybridized carbons (Fsp3) is 0.222. The monoisotopic (exact) mass is 288 g/mol. The maximum Gasteiger partial charge on any atom is 0.239 e. The van der Waals surface area contributed by atoms with Crippen LogP contribution in [-0.2, 0) is 15.8 Å². The number of aromatic nitrogens is 3. The van der Waals surface area contributed by atoms with Crippen molar-refractivity contribution >= 4 is 27.4 Å². The van der Waals surface area contributed by atoms with Gasteiger partial charge in [0.15, 0.2) is 5.82 Å². The van der Waals surface area contributed by atoms with Crippen LogP contribution in [0.1, 0.15) is 11.5 Å². The molecule has 0 radical (unpaired) electrons. The number of hydrogen-bond donors (Lipinski definition) is 1. The van der Waals surface area contributed by atoms with Gasteiger partial charge in [-0.1, -0.05) is 16.8 Å². The van der Waals surface area contributed by atoms with E-state index in [1.165, 1.54) is 12.4 Å². The van der Waals surface area contributed by atoms with Gasteiger partial charge in [0.2, 0.25) is 10.0 Å². The number of anilines is 1. The Balaban J connectivity index is 2.12. The molecule has 0 aliphatic rings. The predicted molar refractivity (Wildman–Crippen MR) is 64.5 cm³/mol. The molecule has 0 saturated heterocycles. The molecule has 0 aromatic carbocycles. The van der Waals surface area contributed by atoms with Crippen molar-refractivity contribution in [2.24, 2.45) is 0 Å². The molecule has 96 valence electrons. The molecular formula is C9H9ClN4O3S. The fourth-order valence-electron chi connectivity index (χ4n) is 1.27. The van der Waals surface area contributed by atoms with Crippen LogP contribution < -0.4 is 4.72 Å². The molecule has 0 spiro atoms. The summed E-state index contributed by atoms with van der Waals surface area (Å²) >= 11 is 5.60. The van der Waals surface area contributed by atoms with Crippen LogP contribution in [0.15, 0.2) is 23.0 Å². The second-order valence-corrected chi connectivity index (χ2v) is 5.63. The molecule has 2 heterocycles. The minimum Gasteiger partial charge on any atom is -0.361 e. The van der Waals surface area contributed by atoms with Crippen molar-refractivity contribution in [1.29, 1.82) is 0 Å². The largest absolute Gasteiger partial charge is 0.361 e. The van der Waals surface area contributed by atoms with Gasteiger partial charge in [-0.15, -0.1) is 0 Å². The van der Waals surface area contributed by atoms with Crippen LogP contribution in [0.4, 0.5) is 5.82 Å². The van der Waals surface area contributed by atoms with Gasteiger partial charge in [-0.25, -0.2) is 13.4 Å². The molecule has 9 heteroatoms. The zero-order chi connectivity index (χ0) is 13.2. The average molecular weight is 289 g/mol. The van der Waals surface area contributed by atoms with Gasteiger partial charge >= 0.3 is 0 Å². The Labute approximate surface area is 108 Å². The van der Waals surface area contributed by atoms with Crippen molar-refractivity contribution in [3.8, 4) is 0 Å². The van der Waals surface area contributed by atoms with Crippen LogP contribution in [0, 0.1) is 6.92 Å². The zero-order valence-corrected chi connectivity index (χ0v) is 10.9. The fourth-order valence-corrected chi connectivity index (χ4v) is 2.43. The molecule has 18 heavy (non-hydrogen) atoms. The summed E-state index contributed by atoms with van der Waals surface area (Å²) in [5, 5.41) is 3.71. The van der Waals surface area contributed by atoms with Gasteiger partial charge < -0.3 is 4.52 Å². The van der Waals surface area contributed by atoms with E-state index in [9.17, 15) is 8.42 Å². The summed E-state index contributed by atoms with van der Waals surface area (Å²) in [5.41, 5.74) is 0.315. The van der Waals surface area contributed by atoms with Gasteiger partial charge in [-0.05, 0) is 6.92 Å². The molecule has 2 aromatic rings. The Bertz CT molecular complexity index is 655. The third-order valence-corrected chi connectivity index (χ3v) is 3.26. The summed E-state index contributed by atoms with van der Waals surface area (Å²) in [6.07, 6.45) is 2.57. The lowest BCUT2D eigenvalue weighted by molar-refractivity contribution is 0.392. The first-order chi connectivity index (χ1) is 8.44. The Morgan fingerprint density at radius 2 is 2.22 bits per heavy atom. The minimum absolute atomic E-state index is 0.0581. The van der Waals surface area contributed by atoms with E-state index in [0.717, 1.165) is 0 Å². The maximum atomic E-state index is 11.8. The zero-order valence-electron chi connectivity index (χ0n) is 9.29. The minimum atomic E-state index is -3.62. The van der Waals surface area contributed by atoms with Crippen molar-refractivity contribution in [1.82, 2.24) is 15.1 Å². The number of rotatable bonds is 4. The molecule has 0 amide bonds. The Hall–Kier alpha value is -1.67. The summed E-state index contributed by atoms with van der Waals surface area (Å²) in [7, 11) is -3.62. The molecule has 7 nitrogen and oxygen atoms in total. The highest BCUT2D eigenvalue weighted by molar-refractivity contribution is 7.91. The quantitative estimate of drug-likeness (QED) is 0.912. The van der Waals surface area contributed by atoms with E-state index in [2.05, 4.69) is 19.8 Å². The van der Waals surface area contributed by atoms with Gasteiger partial charge in [-0.2, -0.15) is 0 Å². The predicted octanol–water partition coefficient (Wildman–Crippen LogP) is 1.37. The second kappa shape index (κ2) is 4.91. The summed E-state index contributed by atoms with van der Waals surface area (Å²) in [5.74, 6) is 0.295. The van der Waals surface area contributed by atoms with E-state index in [4.69, 9.17) is 16.1 Å². The third-order valence-electron chi connectivity index (χ3n) is 1.88. The van der Waals surface area contributed by atoms with E-state index >= 15 is 0 Å². The van der Waals surface area contributed by atoms with Crippen LogP contribution >= 0.6 is 11.6 Å². The number of nitrogens with zero attached hydrogens (tertiary/aromatic N) is 3. The first-order valence-electron chi connectivity index (χ1n) is 4.85. The number of hydrogen-bond acceptors (Lipinski definition) is 6. The van der Waals surface area contributed by atoms with Crippen molar-refractivity contribution in [3.05, 3.63) is 35.1 Å². The SMILES string of the molecule is Cc1cc(CS(=O)(=O)Nc2cncc(Cl)n2)no1. The maximum absolute atomic E-state index is 11.8. The van der Waals surface area contributed by atoms with E-state index in [-0.39, 0.29) is 16.7 Å². The Morgan fingerprint density at radius 1 is 1.44 bits per heavy atom. The van der Waals surface area contributed by atoms with E-state index in [1.807, 2.05) is 0 Å². The standard InChI is InChI=1S/C9H9ClN4O3S/c1-6-2-7(13-17-6)5-18(15,16)14-9-4-11-3-8(10)12-9/h2-4H,5H2,1H3,(H,12,14). The summed E-state index contributed by atoms with van der Waals surface area (Å²) < 4.78 is 30.6. The van der Waals surface area contributed by atoms with Crippen molar-refractivity contribution in [3.63, 3.8) is 0 Å². The van der Waals surface area contributed by atoms with Crippen LogP contribution in [-0.4, -0.2) is 23.5 Å². The highest BCUT2D eigenvalue weighted by atomic mass is 35.5. The van der Waals surface area contributed by atoms with E-state index in [0.29, 0.717) is 11.5 Å². The third kappa shape index (κ3) is 3.41. The second-order valence-electron chi connectivity index (χ2n) is 3.52. The molecule has 0 aliphatic carbocycles. The van der Waals surface area contributed by atoms with Crippen molar-refractivity contribution in [2.45, 2.75) is 12.7 Å². The molecule has 0 atom stereocenters. The highest BCUT2D eigenvalue weighted by Crippen LogP contribution is 2.12. The van der Waals surface area contributed by atoms with E-state index in [1.54, 1.807) is 13.0 Å². The van der Waals surface area contributed by atoms with Crippen molar-refractivity contribution in [2.75, 3.05) is 4.72 Å². The lowest BCUT2D eigenvalue weighted by atomic mass is 10.4. The molecule has 0 aliphatic heterocycles. The van der Waals surface area contributed by atoms with E-state index < -0.39 is 10.0 Å². The topological polar surface area (TPSA) is 98.0 Å². The molecule has 2 rings (SSSR count). The first kappa shape index (κ1) is 12.8. The molecule has 1 N–H and O–H groups in total. The number of aryl methyl sites for hydroxylation is 1. The van der Waals surface area contributed by atoms with Gasteiger partial charge in [0.1, 0.15) is 22.4 Å². The molecular weight excluding hydrogens is 280 g/mol. The average Bonchev–Trinajstić information content (AvgIpc) is 2.62. The number of sulfonamides is 1. The Kier molecular flexibility index (Phi) is 3.48. The van der Waals surface area contributed by atoms with Crippen molar-refractivity contribution < 1.29 is 12.9 Å². The summed E-state index contributed by atoms with van der Waals surface area (Å²) in [6, 6.07) is 1.54. The molecule has 0 fully saturated rings.